The molecule has 6 rings (SSSR count). The van der Waals surface area contributed by atoms with Gasteiger partial charge < -0.3 is 45.2 Å². The summed E-state index contributed by atoms with van der Waals surface area (Å²) in [4.78, 5) is 25.4. The number of carbonyl (C=O) groups is 2. The molecular weight excluding hydrogens is 596 g/mol. The molecule has 2 unspecified atom stereocenters. The van der Waals surface area contributed by atoms with Crippen molar-refractivity contribution < 1.29 is 54.8 Å². The standard InChI is InChI=1S/C35H54O11/c1-30(28(41)42)10-12-35(29(43)44)13-11-33(4)18(19(35)14-30)6-7-23-31(2)15-20(37)26(46-27-25(40)24(39)21(38)16-45-27)32(3,17-36)22(31)8-9-34(23,33)5/h6,19-27,36-40H,7-17H2,1-5H3,(H,41,42)(H,43,44)/t19-,20?,21+,22+,23+,24-,25+,26?,27-,30-,31-,32-,33+,34+,35-/m0/s1. The lowest BCUT2D eigenvalue weighted by Crippen LogP contribution is -2.69. The first kappa shape index (κ1) is 34.3. The smallest absolute Gasteiger partial charge is 0.310 e. The quantitative estimate of drug-likeness (QED) is 0.171. The zero-order chi connectivity index (χ0) is 33.8. The van der Waals surface area contributed by atoms with Gasteiger partial charge in [0.2, 0.25) is 0 Å². The molecule has 15 atom stereocenters. The molecule has 11 heteroatoms. The van der Waals surface area contributed by atoms with Crippen LogP contribution in [0.5, 0.6) is 0 Å². The van der Waals surface area contributed by atoms with E-state index in [0.29, 0.717) is 44.9 Å². The van der Waals surface area contributed by atoms with E-state index in [1.807, 2.05) is 6.92 Å². The van der Waals surface area contributed by atoms with Crippen LogP contribution in [-0.4, -0.2) is 97.7 Å². The Kier molecular flexibility index (Phi) is 8.16. The van der Waals surface area contributed by atoms with Crippen LogP contribution in [0.1, 0.15) is 92.4 Å². The summed E-state index contributed by atoms with van der Waals surface area (Å²) < 4.78 is 11.7. The van der Waals surface area contributed by atoms with Gasteiger partial charge in [-0.3, -0.25) is 9.59 Å². The van der Waals surface area contributed by atoms with E-state index in [-0.39, 0.29) is 41.8 Å². The molecule has 260 valence electrons. The van der Waals surface area contributed by atoms with Crippen molar-refractivity contribution in [3.63, 3.8) is 0 Å². The lowest BCUT2D eigenvalue weighted by atomic mass is 9.33. The summed E-state index contributed by atoms with van der Waals surface area (Å²) in [6, 6.07) is 0. The number of aliphatic hydroxyl groups is 5. The zero-order valence-electron chi connectivity index (χ0n) is 27.8. The number of allylic oxidation sites excluding steroid dienone is 2. The number of aliphatic carboxylic acids is 2. The van der Waals surface area contributed by atoms with Crippen molar-refractivity contribution in [2.75, 3.05) is 13.2 Å². The lowest BCUT2D eigenvalue weighted by molar-refractivity contribution is -0.328. The van der Waals surface area contributed by atoms with Gasteiger partial charge in [-0.25, -0.2) is 0 Å². The highest BCUT2D eigenvalue weighted by Gasteiger charge is 2.71. The molecule has 1 heterocycles. The summed E-state index contributed by atoms with van der Waals surface area (Å²) in [5, 5.41) is 74.3. The van der Waals surface area contributed by atoms with Gasteiger partial charge in [-0.05, 0) is 98.7 Å². The topological polar surface area (TPSA) is 194 Å². The number of ether oxygens (including phenoxy) is 2. The third kappa shape index (κ3) is 4.41. The predicted molar refractivity (Wildman–Crippen MR) is 164 cm³/mol. The molecule has 4 saturated carbocycles. The summed E-state index contributed by atoms with van der Waals surface area (Å²) in [6.45, 7) is 9.93. The molecule has 7 N–H and O–H groups in total. The van der Waals surface area contributed by atoms with Gasteiger partial charge in [-0.2, -0.15) is 0 Å². The Bertz CT molecular complexity index is 1290. The van der Waals surface area contributed by atoms with Gasteiger partial charge in [0.25, 0.3) is 0 Å². The lowest BCUT2D eigenvalue weighted by Gasteiger charge is -2.71. The Morgan fingerprint density at radius 1 is 0.870 bits per heavy atom. The first-order valence-corrected chi connectivity index (χ1v) is 17.1. The molecule has 11 nitrogen and oxygen atoms in total. The normalized spacial score (nSPS) is 55.2. The SMILES string of the molecule is C[C@]1(C(=O)O)CC[C@]2(C(=O)O)CC[C@]3(C)C(=CC[C@@H]4[C@@]5(C)CC(O)C(O[C@@H]6OC[C@@H](O)[C@H](O)[C@H]6O)[C@@](C)(CO)[C@@H]5CC[C@]43C)[C@@H]2C1. The average Bonchev–Trinajstić information content (AvgIpc) is 2.99. The number of carboxylic acid groups (broad SMARTS) is 2. The second kappa shape index (κ2) is 11.0. The van der Waals surface area contributed by atoms with E-state index in [4.69, 9.17) is 9.47 Å². The van der Waals surface area contributed by atoms with Crippen LogP contribution in [0.3, 0.4) is 0 Å². The van der Waals surface area contributed by atoms with E-state index in [2.05, 4.69) is 26.8 Å². The zero-order valence-corrected chi connectivity index (χ0v) is 27.8. The molecule has 6 aliphatic rings. The minimum absolute atomic E-state index is 0.0713. The molecule has 46 heavy (non-hydrogen) atoms. The van der Waals surface area contributed by atoms with Crippen LogP contribution in [0.15, 0.2) is 11.6 Å². The summed E-state index contributed by atoms with van der Waals surface area (Å²) in [7, 11) is 0. The van der Waals surface area contributed by atoms with Gasteiger partial charge in [-0.15, -0.1) is 0 Å². The van der Waals surface area contributed by atoms with Crippen LogP contribution in [-0.2, 0) is 19.1 Å². The number of aliphatic hydroxyl groups excluding tert-OH is 5. The molecule has 5 aliphatic carbocycles. The van der Waals surface area contributed by atoms with Crippen LogP contribution in [0.25, 0.3) is 0 Å². The van der Waals surface area contributed by atoms with Crippen molar-refractivity contribution in [2.24, 2.45) is 50.2 Å². The van der Waals surface area contributed by atoms with E-state index in [1.165, 1.54) is 0 Å². The summed E-state index contributed by atoms with van der Waals surface area (Å²) in [6.07, 6.45) is -0.432. The largest absolute Gasteiger partial charge is 0.481 e. The maximum Gasteiger partial charge on any atom is 0.310 e. The average molecular weight is 651 g/mol. The third-order valence-corrected chi connectivity index (χ3v) is 15.1. The van der Waals surface area contributed by atoms with E-state index < -0.39 is 70.4 Å². The molecule has 0 bridgehead atoms. The highest BCUT2D eigenvalue weighted by molar-refractivity contribution is 5.79. The molecule has 1 saturated heterocycles. The number of fused-ring (bicyclic) bond motifs is 7. The Morgan fingerprint density at radius 3 is 2.17 bits per heavy atom. The molecule has 0 radical (unpaired) electrons. The Labute approximate surface area is 271 Å². The number of carboxylic acids is 2. The maximum absolute atomic E-state index is 13.0. The van der Waals surface area contributed by atoms with Crippen molar-refractivity contribution in [2.45, 2.75) is 129 Å². The number of hydrogen-bond acceptors (Lipinski definition) is 9. The van der Waals surface area contributed by atoms with Crippen LogP contribution in [0, 0.1) is 50.2 Å². The van der Waals surface area contributed by atoms with E-state index in [0.717, 1.165) is 18.4 Å². The third-order valence-electron chi connectivity index (χ3n) is 15.1. The highest BCUT2D eigenvalue weighted by Crippen LogP contribution is 2.76. The van der Waals surface area contributed by atoms with Crippen molar-refractivity contribution in [1.29, 1.82) is 0 Å². The second-order valence-electron chi connectivity index (χ2n) is 17.1. The van der Waals surface area contributed by atoms with Gasteiger partial charge >= 0.3 is 11.9 Å². The van der Waals surface area contributed by atoms with Crippen LogP contribution < -0.4 is 0 Å². The molecule has 0 aromatic rings. The van der Waals surface area contributed by atoms with Crippen LogP contribution >= 0.6 is 0 Å². The fourth-order valence-electron chi connectivity index (χ4n) is 12.1. The van der Waals surface area contributed by atoms with E-state index >= 15 is 0 Å². The summed E-state index contributed by atoms with van der Waals surface area (Å²) in [5.74, 6) is -2.05. The fourth-order valence-corrected chi connectivity index (χ4v) is 12.1. The van der Waals surface area contributed by atoms with Crippen molar-refractivity contribution in [3.8, 4) is 0 Å². The number of hydrogen-bond donors (Lipinski definition) is 7. The molecule has 5 fully saturated rings. The van der Waals surface area contributed by atoms with Gasteiger partial charge in [0.1, 0.15) is 18.3 Å². The predicted octanol–water partition coefficient (Wildman–Crippen LogP) is 2.70. The van der Waals surface area contributed by atoms with E-state index in [1.54, 1.807) is 6.92 Å². The van der Waals surface area contributed by atoms with Crippen LogP contribution in [0.4, 0.5) is 0 Å². The van der Waals surface area contributed by atoms with Crippen LogP contribution in [0.2, 0.25) is 0 Å². The van der Waals surface area contributed by atoms with Crippen molar-refractivity contribution in [1.82, 2.24) is 0 Å². The van der Waals surface area contributed by atoms with Crippen molar-refractivity contribution in [3.05, 3.63) is 11.6 Å². The molecule has 0 amide bonds. The molecular formula is C35H54O11. The Hall–Kier alpha value is -1.60. The van der Waals surface area contributed by atoms with Crippen molar-refractivity contribution >= 4 is 11.9 Å². The molecule has 0 spiro atoms. The monoisotopic (exact) mass is 650 g/mol. The first-order valence-electron chi connectivity index (χ1n) is 17.1. The van der Waals surface area contributed by atoms with Gasteiger partial charge in [-0.1, -0.05) is 39.3 Å². The molecule has 0 aromatic carbocycles. The Balaban J connectivity index is 1.35. The second-order valence-corrected chi connectivity index (χ2v) is 17.1. The van der Waals surface area contributed by atoms with Gasteiger partial charge in [0.15, 0.2) is 6.29 Å². The maximum atomic E-state index is 13.0. The Morgan fingerprint density at radius 2 is 1.54 bits per heavy atom. The highest BCUT2D eigenvalue weighted by atomic mass is 16.7. The van der Waals surface area contributed by atoms with Gasteiger partial charge in [0.05, 0.1) is 36.3 Å². The van der Waals surface area contributed by atoms with Gasteiger partial charge in [0, 0.05) is 5.41 Å². The fraction of sp³-hybridized carbons (Fsp3) is 0.886. The number of rotatable bonds is 5. The minimum atomic E-state index is -1.52. The summed E-state index contributed by atoms with van der Waals surface area (Å²) in [5.41, 5.74) is -2.84. The first-order chi connectivity index (χ1) is 21.3. The minimum Gasteiger partial charge on any atom is -0.481 e. The molecule has 1 aliphatic heterocycles. The van der Waals surface area contributed by atoms with E-state index in [9.17, 15) is 45.3 Å². The molecule has 0 aromatic heterocycles. The summed E-state index contributed by atoms with van der Waals surface area (Å²) >= 11 is 0.